The maximum atomic E-state index is 12.3. The van der Waals surface area contributed by atoms with Crippen LogP contribution >= 0.6 is 0 Å². The highest BCUT2D eigenvalue weighted by molar-refractivity contribution is 5.82. The summed E-state index contributed by atoms with van der Waals surface area (Å²) in [6, 6.07) is 10.2. The lowest BCUT2D eigenvalue weighted by molar-refractivity contribution is -0.135. The quantitative estimate of drug-likeness (QED) is 0.866. The Kier molecular flexibility index (Phi) is 4.02. The van der Waals surface area contributed by atoms with E-state index in [0.29, 0.717) is 6.54 Å². The van der Waals surface area contributed by atoms with Gasteiger partial charge in [-0.2, -0.15) is 0 Å². The molecule has 18 heavy (non-hydrogen) atoms. The van der Waals surface area contributed by atoms with Gasteiger partial charge in [0.05, 0.1) is 6.04 Å². The van der Waals surface area contributed by atoms with Crippen LogP contribution in [0.3, 0.4) is 0 Å². The minimum atomic E-state index is 0.0427. The SMILES string of the molecule is CCN(C(=O)C1CC1CO)C(C)c1ccccc1. The average molecular weight is 247 g/mol. The molecule has 1 aromatic rings. The zero-order valence-electron chi connectivity index (χ0n) is 11.0. The van der Waals surface area contributed by atoms with Crippen LogP contribution in [0.4, 0.5) is 0 Å². The Morgan fingerprint density at radius 2 is 2.11 bits per heavy atom. The molecule has 1 N–H and O–H groups in total. The number of benzene rings is 1. The van der Waals surface area contributed by atoms with E-state index in [4.69, 9.17) is 5.11 Å². The maximum Gasteiger partial charge on any atom is 0.226 e. The van der Waals surface area contributed by atoms with Crippen LogP contribution in [0, 0.1) is 11.8 Å². The largest absolute Gasteiger partial charge is 0.396 e. The molecule has 0 radical (unpaired) electrons. The van der Waals surface area contributed by atoms with Gasteiger partial charge in [-0.3, -0.25) is 4.79 Å². The summed E-state index contributed by atoms with van der Waals surface area (Å²) in [5.41, 5.74) is 1.16. The standard InChI is InChI=1S/C15H21NO2/c1-3-16(15(18)14-9-13(14)10-17)11(2)12-7-5-4-6-8-12/h4-8,11,13-14,17H,3,9-10H2,1-2H3. The van der Waals surface area contributed by atoms with E-state index < -0.39 is 0 Å². The molecule has 1 fully saturated rings. The Hall–Kier alpha value is -1.35. The number of amides is 1. The van der Waals surface area contributed by atoms with E-state index in [1.54, 1.807) is 0 Å². The molecule has 3 heteroatoms. The molecule has 0 spiro atoms. The van der Waals surface area contributed by atoms with E-state index in [2.05, 4.69) is 19.1 Å². The number of aliphatic hydroxyl groups excluding tert-OH is 1. The van der Waals surface area contributed by atoms with E-state index in [9.17, 15) is 4.79 Å². The van der Waals surface area contributed by atoms with E-state index in [1.807, 2.05) is 30.0 Å². The lowest BCUT2D eigenvalue weighted by atomic mass is 10.1. The number of aliphatic hydroxyl groups is 1. The molecule has 0 saturated heterocycles. The van der Waals surface area contributed by atoms with Gasteiger partial charge in [-0.25, -0.2) is 0 Å². The van der Waals surface area contributed by atoms with Gasteiger partial charge in [-0.05, 0) is 31.7 Å². The minimum Gasteiger partial charge on any atom is -0.396 e. The van der Waals surface area contributed by atoms with E-state index >= 15 is 0 Å². The van der Waals surface area contributed by atoms with Crippen molar-refractivity contribution in [2.24, 2.45) is 11.8 Å². The van der Waals surface area contributed by atoms with Crippen molar-refractivity contribution in [3.8, 4) is 0 Å². The zero-order valence-corrected chi connectivity index (χ0v) is 11.0. The number of carbonyl (C=O) groups excluding carboxylic acids is 1. The molecule has 0 heterocycles. The van der Waals surface area contributed by atoms with Crippen LogP contribution in [-0.4, -0.2) is 29.1 Å². The van der Waals surface area contributed by atoms with Crippen LogP contribution in [0.2, 0.25) is 0 Å². The molecular formula is C15H21NO2. The molecule has 3 unspecified atom stereocenters. The first-order valence-corrected chi connectivity index (χ1v) is 6.65. The Bertz CT molecular complexity index is 404. The summed E-state index contributed by atoms with van der Waals surface area (Å²) in [6.45, 7) is 4.91. The summed E-state index contributed by atoms with van der Waals surface area (Å²) in [4.78, 5) is 14.2. The number of rotatable bonds is 5. The number of carbonyl (C=O) groups is 1. The summed E-state index contributed by atoms with van der Waals surface area (Å²) in [6.07, 6.45) is 0.841. The van der Waals surface area contributed by atoms with Crippen LogP contribution < -0.4 is 0 Å². The van der Waals surface area contributed by atoms with E-state index in [-0.39, 0.29) is 30.4 Å². The zero-order chi connectivity index (χ0) is 13.1. The second-order valence-corrected chi connectivity index (χ2v) is 5.00. The highest BCUT2D eigenvalue weighted by atomic mass is 16.3. The highest BCUT2D eigenvalue weighted by Gasteiger charge is 2.44. The summed E-state index contributed by atoms with van der Waals surface area (Å²) in [5, 5.41) is 9.06. The fraction of sp³-hybridized carbons (Fsp3) is 0.533. The topological polar surface area (TPSA) is 40.5 Å². The van der Waals surface area contributed by atoms with Gasteiger partial charge in [0.2, 0.25) is 5.91 Å². The highest BCUT2D eigenvalue weighted by Crippen LogP contribution is 2.40. The Labute approximate surface area is 108 Å². The third-order valence-electron chi connectivity index (χ3n) is 3.85. The van der Waals surface area contributed by atoms with Crippen LogP contribution in [0.1, 0.15) is 31.9 Å². The molecule has 98 valence electrons. The van der Waals surface area contributed by atoms with Crippen molar-refractivity contribution in [3.63, 3.8) is 0 Å². The molecule has 3 nitrogen and oxygen atoms in total. The molecule has 3 atom stereocenters. The van der Waals surface area contributed by atoms with Crippen molar-refractivity contribution in [3.05, 3.63) is 35.9 Å². The third-order valence-corrected chi connectivity index (χ3v) is 3.85. The van der Waals surface area contributed by atoms with Gasteiger partial charge in [0.1, 0.15) is 0 Å². The summed E-state index contributed by atoms with van der Waals surface area (Å²) in [7, 11) is 0. The van der Waals surface area contributed by atoms with Crippen LogP contribution in [0.25, 0.3) is 0 Å². The van der Waals surface area contributed by atoms with Crippen molar-refractivity contribution in [2.75, 3.05) is 13.2 Å². The molecule has 1 aliphatic rings. The van der Waals surface area contributed by atoms with Crippen LogP contribution in [-0.2, 0) is 4.79 Å². The van der Waals surface area contributed by atoms with Gasteiger partial charge in [0.15, 0.2) is 0 Å². The molecule has 0 aliphatic heterocycles. The Morgan fingerprint density at radius 1 is 1.44 bits per heavy atom. The van der Waals surface area contributed by atoms with Gasteiger partial charge in [-0.15, -0.1) is 0 Å². The van der Waals surface area contributed by atoms with Crippen molar-refractivity contribution < 1.29 is 9.90 Å². The van der Waals surface area contributed by atoms with Gasteiger partial charge in [0.25, 0.3) is 0 Å². The first kappa shape index (κ1) is 13.1. The summed E-state index contributed by atoms with van der Waals surface area (Å²) in [5.74, 6) is 0.420. The Balaban J connectivity index is 2.07. The first-order valence-electron chi connectivity index (χ1n) is 6.65. The van der Waals surface area contributed by atoms with Crippen molar-refractivity contribution in [1.82, 2.24) is 4.90 Å². The first-order chi connectivity index (χ1) is 8.69. The van der Waals surface area contributed by atoms with Crippen molar-refractivity contribution >= 4 is 5.91 Å². The van der Waals surface area contributed by atoms with Crippen LogP contribution in [0.5, 0.6) is 0 Å². The lowest BCUT2D eigenvalue weighted by Crippen LogP contribution is -2.35. The predicted octanol–water partition coefficient (Wildman–Crippen LogP) is 2.22. The molecule has 0 aromatic heterocycles. The lowest BCUT2D eigenvalue weighted by Gasteiger charge is -2.28. The van der Waals surface area contributed by atoms with Crippen LogP contribution in [0.15, 0.2) is 30.3 Å². The summed E-state index contributed by atoms with van der Waals surface area (Å²) < 4.78 is 0. The van der Waals surface area contributed by atoms with Gasteiger partial charge in [-0.1, -0.05) is 30.3 Å². The molecule has 1 aliphatic carbocycles. The second-order valence-electron chi connectivity index (χ2n) is 5.00. The minimum absolute atomic E-state index is 0.0427. The molecule has 1 aromatic carbocycles. The fourth-order valence-corrected chi connectivity index (χ4v) is 2.50. The molecule has 1 saturated carbocycles. The van der Waals surface area contributed by atoms with Gasteiger partial charge in [0, 0.05) is 19.1 Å². The molecule has 0 bridgehead atoms. The summed E-state index contributed by atoms with van der Waals surface area (Å²) >= 11 is 0. The number of nitrogens with zero attached hydrogens (tertiary/aromatic N) is 1. The number of hydrogen-bond acceptors (Lipinski definition) is 2. The third kappa shape index (κ3) is 2.56. The smallest absolute Gasteiger partial charge is 0.226 e. The monoisotopic (exact) mass is 247 g/mol. The normalized spacial score (nSPS) is 23.5. The second kappa shape index (κ2) is 5.53. The average Bonchev–Trinajstić information content (AvgIpc) is 3.19. The van der Waals surface area contributed by atoms with Gasteiger partial charge < -0.3 is 10.0 Å². The molecule has 2 rings (SSSR count). The fourth-order valence-electron chi connectivity index (χ4n) is 2.50. The van der Waals surface area contributed by atoms with Gasteiger partial charge >= 0.3 is 0 Å². The van der Waals surface area contributed by atoms with Crippen molar-refractivity contribution in [1.29, 1.82) is 0 Å². The Morgan fingerprint density at radius 3 is 2.61 bits per heavy atom. The predicted molar refractivity (Wildman–Crippen MR) is 70.9 cm³/mol. The van der Waals surface area contributed by atoms with E-state index in [0.717, 1.165) is 12.0 Å². The van der Waals surface area contributed by atoms with E-state index in [1.165, 1.54) is 0 Å². The maximum absolute atomic E-state index is 12.3. The van der Waals surface area contributed by atoms with Crippen molar-refractivity contribution in [2.45, 2.75) is 26.3 Å². The molecular weight excluding hydrogens is 226 g/mol. The number of hydrogen-bond donors (Lipinski definition) is 1. The molecule has 1 amide bonds.